The van der Waals surface area contributed by atoms with Crippen molar-refractivity contribution in [3.05, 3.63) is 0 Å². The van der Waals surface area contributed by atoms with Gasteiger partial charge in [-0.15, -0.1) is 0 Å². The summed E-state index contributed by atoms with van der Waals surface area (Å²) in [6.07, 6.45) is 2.64. The molecule has 2 aliphatic rings. The van der Waals surface area contributed by atoms with E-state index < -0.39 is 0 Å². The molecule has 0 aromatic carbocycles. The first-order valence-corrected chi connectivity index (χ1v) is 7.15. The minimum Gasteiger partial charge on any atom is -0.465 e. The third-order valence-corrected chi connectivity index (χ3v) is 3.82. The number of piperazine rings is 1. The van der Waals surface area contributed by atoms with Gasteiger partial charge in [0.15, 0.2) is 0 Å². The van der Waals surface area contributed by atoms with Gasteiger partial charge < -0.3 is 15.0 Å². The number of ether oxygens (including phenoxy) is 1. The Hall–Kier alpha value is -0.650. The fourth-order valence-electron chi connectivity index (χ4n) is 2.76. The van der Waals surface area contributed by atoms with E-state index >= 15 is 0 Å². The van der Waals surface area contributed by atoms with Crippen molar-refractivity contribution in [2.24, 2.45) is 0 Å². The Morgan fingerprint density at radius 2 is 2.06 bits per heavy atom. The highest BCUT2D eigenvalue weighted by Crippen LogP contribution is 2.09. The normalized spacial score (nSPS) is 26.4. The van der Waals surface area contributed by atoms with Gasteiger partial charge in [0.1, 0.15) is 6.04 Å². The SMILES string of the molecule is CCOC(=O)C1CNCCN1CCN1CCCC1. The zero-order valence-corrected chi connectivity index (χ0v) is 11.4. The molecule has 2 rings (SSSR count). The van der Waals surface area contributed by atoms with Crippen LogP contribution in [0.3, 0.4) is 0 Å². The average Bonchev–Trinajstić information content (AvgIpc) is 2.90. The van der Waals surface area contributed by atoms with E-state index in [1.54, 1.807) is 0 Å². The number of rotatable bonds is 5. The first-order valence-electron chi connectivity index (χ1n) is 7.15. The van der Waals surface area contributed by atoms with Gasteiger partial charge >= 0.3 is 5.97 Å². The molecule has 0 radical (unpaired) electrons. The quantitative estimate of drug-likeness (QED) is 0.696. The molecule has 5 nitrogen and oxygen atoms in total. The number of carbonyl (C=O) groups excluding carboxylic acids is 1. The number of nitrogens with zero attached hydrogens (tertiary/aromatic N) is 2. The van der Waals surface area contributed by atoms with Gasteiger partial charge in [0.25, 0.3) is 0 Å². The van der Waals surface area contributed by atoms with Crippen molar-refractivity contribution in [1.29, 1.82) is 0 Å². The Bertz CT molecular complexity index is 267. The van der Waals surface area contributed by atoms with E-state index in [1.165, 1.54) is 25.9 Å². The number of nitrogens with one attached hydrogen (secondary N) is 1. The van der Waals surface area contributed by atoms with Crippen molar-refractivity contribution < 1.29 is 9.53 Å². The number of hydrogen-bond acceptors (Lipinski definition) is 5. The Balaban J connectivity index is 1.80. The van der Waals surface area contributed by atoms with Crippen LogP contribution in [0.15, 0.2) is 0 Å². The van der Waals surface area contributed by atoms with E-state index in [0.717, 1.165) is 32.7 Å². The molecular weight excluding hydrogens is 230 g/mol. The van der Waals surface area contributed by atoms with Crippen molar-refractivity contribution >= 4 is 5.97 Å². The van der Waals surface area contributed by atoms with E-state index in [9.17, 15) is 4.79 Å². The molecule has 0 aliphatic carbocycles. The van der Waals surface area contributed by atoms with Gasteiger partial charge in [-0.25, -0.2) is 0 Å². The summed E-state index contributed by atoms with van der Waals surface area (Å²) in [7, 11) is 0. The molecule has 0 aromatic heterocycles. The highest BCUT2D eigenvalue weighted by Gasteiger charge is 2.29. The maximum Gasteiger partial charge on any atom is 0.324 e. The Labute approximate surface area is 109 Å². The third-order valence-electron chi connectivity index (χ3n) is 3.82. The standard InChI is InChI=1S/C13H25N3O2/c1-2-18-13(17)12-11-14-5-8-16(12)10-9-15-6-3-4-7-15/h12,14H,2-11H2,1H3. The molecule has 1 unspecified atom stereocenters. The molecular formula is C13H25N3O2. The smallest absolute Gasteiger partial charge is 0.324 e. The first-order chi connectivity index (χ1) is 8.81. The molecule has 18 heavy (non-hydrogen) atoms. The van der Waals surface area contributed by atoms with Gasteiger partial charge in [0, 0.05) is 32.7 Å². The van der Waals surface area contributed by atoms with E-state index in [-0.39, 0.29) is 12.0 Å². The van der Waals surface area contributed by atoms with Gasteiger partial charge in [0.2, 0.25) is 0 Å². The van der Waals surface area contributed by atoms with Gasteiger partial charge in [-0.1, -0.05) is 0 Å². The monoisotopic (exact) mass is 255 g/mol. The van der Waals surface area contributed by atoms with Crippen molar-refractivity contribution in [3.8, 4) is 0 Å². The number of esters is 1. The lowest BCUT2D eigenvalue weighted by Gasteiger charge is -2.35. The highest BCUT2D eigenvalue weighted by molar-refractivity contribution is 5.76. The predicted octanol–water partition coefficient (Wildman–Crippen LogP) is -0.0809. The van der Waals surface area contributed by atoms with Crippen LogP contribution in [0.5, 0.6) is 0 Å². The summed E-state index contributed by atoms with van der Waals surface area (Å²) in [6.45, 7) is 9.46. The fourth-order valence-corrected chi connectivity index (χ4v) is 2.76. The summed E-state index contributed by atoms with van der Waals surface area (Å²) >= 11 is 0. The molecule has 2 fully saturated rings. The number of carbonyl (C=O) groups is 1. The summed E-state index contributed by atoms with van der Waals surface area (Å²) in [4.78, 5) is 16.6. The largest absolute Gasteiger partial charge is 0.465 e. The molecule has 0 amide bonds. The molecule has 2 aliphatic heterocycles. The van der Waals surface area contributed by atoms with Gasteiger partial charge in [0.05, 0.1) is 6.61 Å². The van der Waals surface area contributed by atoms with Crippen LogP contribution in [-0.4, -0.2) is 74.2 Å². The maximum absolute atomic E-state index is 11.9. The van der Waals surface area contributed by atoms with E-state index in [2.05, 4.69) is 15.1 Å². The zero-order valence-electron chi connectivity index (χ0n) is 11.4. The molecule has 1 N–H and O–H groups in total. The topological polar surface area (TPSA) is 44.8 Å². The van der Waals surface area contributed by atoms with Crippen LogP contribution in [0.2, 0.25) is 0 Å². The minimum absolute atomic E-state index is 0.0777. The van der Waals surface area contributed by atoms with Crippen LogP contribution in [-0.2, 0) is 9.53 Å². The summed E-state index contributed by atoms with van der Waals surface area (Å²) in [6, 6.07) is -0.0960. The predicted molar refractivity (Wildman–Crippen MR) is 70.5 cm³/mol. The Kier molecular flexibility index (Phi) is 5.41. The lowest BCUT2D eigenvalue weighted by molar-refractivity contribution is -0.150. The molecule has 2 heterocycles. The van der Waals surface area contributed by atoms with Crippen LogP contribution < -0.4 is 5.32 Å². The number of hydrogen-bond donors (Lipinski definition) is 1. The maximum atomic E-state index is 11.9. The molecule has 5 heteroatoms. The van der Waals surface area contributed by atoms with E-state index in [0.29, 0.717) is 6.61 Å². The van der Waals surface area contributed by atoms with Crippen molar-refractivity contribution in [2.45, 2.75) is 25.8 Å². The summed E-state index contributed by atoms with van der Waals surface area (Å²) in [5.41, 5.74) is 0. The summed E-state index contributed by atoms with van der Waals surface area (Å²) in [5.74, 6) is -0.0777. The van der Waals surface area contributed by atoms with E-state index in [1.807, 2.05) is 6.92 Å². The van der Waals surface area contributed by atoms with Crippen molar-refractivity contribution in [3.63, 3.8) is 0 Å². The van der Waals surface area contributed by atoms with Crippen LogP contribution >= 0.6 is 0 Å². The molecule has 0 saturated carbocycles. The number of likely N-dealkylation sites (tertiary alicyclic amines) is 1. The molecule has 0 spiro atoms. The fraction of sp³-hybridized carbons (Fsp3) is 0.923. The molecule has 1 atom stereocenters. The summed E-state index contributed by atoms with van der Waals surface area (Å²) in [5, 5.41) is 3.28. The second-order valence-electron chi connectivity index (χ2n) is 5.06. The van der Waals surface area contributed by atoms with Crippen LogP contribution in [0.4, 0.5) is 0 Å². The second-order valence-corrected chi connectivity index (χ2v) is 5.06. The molecule has 104 valence electrons. The first kappa shape index (κ1) is 13.8. The van der Waals surface area contributed by atoms with Crippen LogP contribution in [0.1, 0.15) is 19.8 Å². The third kappa shape index (κ3) is 3.67. The lowest BCUT2D eigenvalue weighted by atomic mass is 10.2. The lowest BCUT2D eigenvalue weighted by Crippen LogP contribution is -2.56. The molecule has 0 bridgehead atoms. The van der Waals surface area contributed by atoms with Crippen LogP contribution in [0, 0.1) is 0 Å². The van der Waals surface area contributed by atoms with Crippen LogP contribution in [0.25, 0.3) is 0 Å². The zero-order chi connectivity index (χ0) is 12.8. The van der Waals surface area contributed by atoms with Crippen molar-refractivity contribution in [2.75, 3.05) is 52.4 Å². The molecule has 0 aromatic rings. The summed E-state index contributed by atoms with van der Waals surface area (Å²) < 4.78 is 5.15. The van der Waals surface area contributed by atoms with Gasteiger partial charge in [-0.05, 0) is 32.9 Å². The van der Waals surface area contributed by atoms with E-state index in [4.69, 9.17) is 4.74 Å². The highest BCUT2D eigenvalue weighted by atomic mass is 16.5. The van der Waals surface area contributed by atoms with Crippen molar-refractivity contribution in [1.82, 2.24) is 15.1 Å². The average molecular weight is 255 g/mol. The Morgan fingerprint density at radius 1 is 1.28 bits per heavy atom. The van der Waals surface area contributed by atoms with Gasteiger partial charge in [-0.2, -0.15) is 0 Å². The second kappa shape index (κ2) is 7.07. The Morgan fingerprint density at radius 3 is 2.78 bits per heavy atom. The molecule has 2 saturated heterocycles. The minimum atomic E-state index is -0.0960. The van der Waals surface area contributed by atoms with Gasteiger partial charge in [-0.3, -0.25) is 9.69 Å².